The smallest absolute Gasteiger partial charge is 0.252 e. The fraction of sp³-hybridized carbons (Fsp3) is 0.462. The highest BCUT2D eigenvalue weighted by Gasteiger charge is 2.57. The van der Waals surface area contributed by atoms with Gasteiger partial charge in [-0.15, -0.1) is 0 Å². The highest BCUT2D eigenvalue weighted by Crippen LogP contribution is 2.57. The van der Waals surface area contributed by atoms with Crippen LogP contribution in [0.15, 0.2) is 22.7 Å². The van der Waals surface area contributed by atoms with E-state index in [-0.39, 0.29) is 11.4 Å². The lowest BCUT2D eigenvalue weighted by molar-refractivity contribution is -0.0438. The Morgan fingerprint density at radius 3 is 2.65 bits per heavy atom. The molecule has 3 saturated carbocycles. The Morgan fingerprint density at radius 2 is 2.18 bits per heavy atom. The molecule has 0 unspecified atom stereocenters. The first kappa shape index (κ1) is 11.1. The highest BCUT2D eigenvalue weighted by atomic mass is 79.9. The molecule has 3 aliphatic carbocycles. The van der Waals surface area contributed by atoms with E-state index < -0.39 is 0 Å². The number of amides is 1. The maximum absolute atomic E-state index is 12.1. The van der Waals surface area contributed by atoms with E-state index in [1.807, 2.05) is 12.1 Å². The maximum Gasteiger partial charge on any atom is 0.252 e. The zero-order valence-corrected chi connectivity index (χ0v) is 11.2. The van der Waals surface area contributed by atoms with Crippen molar-refractivity contribution in [2.75, 3.05) is 7.11 Å². The third-order valence-electron chi connectivity index (χ3n) is 3.84. The molecule has 1 N–H and O–H groups in total. The van der Waals surface area contributed by atoms with Gasteiger partial charge in [-0.05, 0) is 59.3 Å². The van der Waals surface area contributed by atoms with Crippen LogP contribution >= 0.6 is 15.9 Å². The largest absolute Gasteiger partial charge is 0.497 e. The Labute approximate surface area is 109 Å². The van der Waals surface area contributed by atoms with Crippen LogP contribution in [0.25, 0.3) is 0 Å². The lowest BCUT2D eigenvalue weighted by Gasteiger charge is -2.61. The second-order valence-corrected chi connectivity index (χ2v) is 5.91. The second-order valence-electron chi connectivity index (χ2n) is 5.06. The molecular weight excluding hydrogens is 282 g/mol. The fourth-order valence-corrected chi connectivity index (χ4v) is 3.28. The van der Waals surface area contributed by atoms with Gasteiger partial charge in [-0.1, -0.05) is 0 Å². The van der Waals surface area contributed by atoms with Crippen molar-refractivity contribution in [1.29, 1.82) is 0 Å². The van der Waals surface area contributed by atoms with Gasteiger partial charge in [-0.3, -0.25) is 4.79 Å². The molecule has 90 valence electrons. The van der Waals surface area contributed by atoms with Crippen LogP contribution in [0, 0.1) is 5.92 Å². The zero-order valence-electron chi connectivity index (χ0n) is 9.63. The third kappa shape index (κ3) is 1.75. The first-order valence-corrected chi connectivity index (χ1v) is 6.57. The summed E-state index contributed by atoms with van der Waals surface area (Å²) in [6.45, 7) is 0. The number of rotatable bonds is 3. The van der Waals surface area contributed by atoms with Crippen LogP contribution in [0.4, 0.5) is 0 Å². The van der Waals surface area contributed by atoms with E-state index in [9.17, 15) is 4.79 Å². The number of hydrogen-bond acceptors (Lipinski definition) is 2. The summed E-state index contributed by atoms with van der Waals surface area (Å²) < 4.78 is 5.89. The lowest BCUT2D eigenvalue weighted by Crippen LogP contribution is -2.68. The quantitative estimate of drug-likeness (QED) is 0.931. The van der Waals surface area contributed by atoms with Gasteiger partial charge in [0, 0.05) is 10.0 Å². The molecule has 0 aromatic heterocycles. The van der Waals surface area contributed by atoms with Crippen molar-refractivity contribution in [1.82, 2.24) is 5.32 Å². The molecule has 0 saturated heterocycles. The van der Waals surface area contributed by atoms with Crippen molar-refractivity contribution in [2.45, 2.75) is 24.8 Å². The van der Waals surface area contributed by atoms with Gasteiger partial charge < -0.3 is 10.1 Å². The molecular formula is C13H14BrNO2. The molecule has 1 amide bonds. The molecule has 3 nitrogen and oxygen atoms in total. The summed E-state index contributed by atoms with van der Waals surface area (Å²) in [4.78, 5) is 12.1. The van der Waals surface area contributed by atoms with Crippen molar-refractivity contribution < 1.29 is 9.53 Å². The summed E-state index contributed by atoms with van der Waals surface area (Å²) in [5, 5.41) is 3.14. The van der Waals surface area contributed by atoms with E-state index in [1.165, 1.54) is 0 Å². The highest BCUT2D eigenvalue weighted by molar-refractivity contribution is 9.10. The molecule has 0 heterocycles. The zero-order chi connectivity index (χ0) is 12.0. The Hall–Kier alpha value is -1.03. The van der Waals surface area contributed by atoms with Crippen LogP contribution in [-0.2, 0) is 0 Å². The van der Waals surface area contributed by atoms with Gasteiger partial charge in [0.2, 0.25) is 0 Å². The maximum atomic E-state index is 12.1. The van der Waals surface area contributed by atoms with Crippen LogP contribution in [0.1, 0.15) is 29.6 Å². The van der Waals surface area contributed by atoms with Crippen molar-refractivity contribution >= 4 is 21.8 Å². The molecule has 4 rings (SSSR count). The van der Waals surface area contributed by atoms with E-state index in [0.717, 1.165) is 35.4 Å². The SMILES string of the molecule is COc1ccc(C(=O)NC23CC(C2)C3)c(Br)c1. The van der Waals surface area contributed by atoms with Crippen LogP contribution in [0.3, 0.4) is 0 Å². The third-order valence-corrected chi connectivity index (χ3v) is 4.49. The molecule has 0 spiro atoms. The Morgan fingerprint density at radius 1 is 1.47 bits per heavy atom. The molecule has 0 radical (unpaired) electrons. The summed E-state index contributed by atoms with van der Waals surface area (Å²) in [6.07, 6.45) is 3.48. The molecule has 0 aliphatic heterocycles. The summed E-state index contributed by atoms with van der Waals surface area (Å²) in [7, 11) is 1.61. The molecule has 0 atom stereocenters. The van der Waals surface area contributed by atoms with E-state index in [1.54, 1.807) is 13.2 Å². The predicted octanol–water partition coefficient (Wildman–Crippen LogP) is 2.74. The van der Waals surface area contributed by atoms with Gasteiger partial charge in [0.15, 0.2) is 0 Å². The van der Waals surface area contributed by atoms with Crippen molar-refractivity contribution in [2.24, 2.45) is 5.92 Å². The molecule has 17 heavy (non-hydrogen) atoms. The number of carbonyl (C=O) groups excluding carboxylic acids is 1. The van der Waals surface area contributed by atoms with Crippen molar-refractivity contribution in [3.8, 4) is 5.75 Å². The van der Waals surface area contributed by atoms with Crippen molar-refractivity contribution in [3.63, 3.8) is 0 Å². The van der Waals surface area contributed by atoms with E-state index in [2.05, 4.69) is 21.2 Å². The first-order valence-electron chi connectivity index (χ1n) is 5.78. The van der Waals surface area contributed by atoms with Gasteiger partial charge in [-0.25, -0.2) is 0 Å². The van der Waals surface area contributed by atoms with Gasteiger partial charge in [0.05, 0.1) is 12.7 Å². The fourth-order valence-electron chi connectivity index (χ4n) is 2.75. The standard InChI is InChI=1S/C13H14BrNO2/c1-17-9-2-3-10(11(14)4-9)12(16)15-13-5-8(6-13)7-13/h2-4,8H,5-7H2,1H3,(H,15,16). The Kier molecular flexibility index (Phi) is 2.43. The minimum absolute atomic E-state index is 0.0117. The normalized spacial score (nSPS) is 28.9. The Bertz CT molecular complexity index is 469. The van der Waals surface area contributed by atoms with Crippen LogP contribution in [0.5, 0.6) is 5.75 Å². The van der Waals surface area contributed by atoms with Crippen LogP contribution in [-0.4, -0.2) is 18.6 Å². The number of methoxy groups -OCH3 is 1. The molecule has 1 aromatic rings. The summed E-state index contributed by atoms with van der Waals surface area (Å²) in [5.74, 6) is 1.63. The topological polar surface area (TPSA) is 38.3 Å². The van der Waals surface area contributed by atoms with Crippen LogP contribution in [0.2, 0.25) is 0 Å². The number of halogens is 1. The summed E-state index contributed by atoms with van der Waals surface area (Å²) >= 11 is 3.41. The van der Waals surface area contributed by atoms with Gasteiger partial charge in [0.1, 0.15) is 5.75 Å². The minimum atomic E-state index is 0.0117. The molecule has 3 aliphatic rings. The number of hydrogen-bond donors (Lipinski definition) is 1. The molecule has 4 heteroatoms. The van der Waals surface area contributed by atoms with Gasteiger partial charge in [0.25, 0.3) is 5.91 Å². The van der Waals surface area contributed by atoms with Gasteiger partial charge >= 0.3 is 0 Å². The first-order chi connectivity index (χ1) is 8.12. The molecule has 1 aromatic carbocycles. The summed E-state index contributed by atoms with van der Waals surface area (Å²) in [5.41, 5.74) is 0.803. The molecule has 2 bridgehead atoms. The minimum Gasteiger partial charge on any atom is -0.497 e. The average Bonchev–Trinajstić information content (AvgIpc) is 2.21. The monoisotopic (exact) mass is 295 g/mol. The number of nitrogens with one attached hydrogen (secondary N) is 1. The van der Waals surface area contributed by atoms with E-state index in [4.69, 9.17) is 4.74 Å². The van der Waals surface area contributed by atoms with Crippen molar-refractivity contribution in [3.05, 3.63) is 28.2 Å². The predicted molar refractivity (Wildman–Crippen MR) is 68.2 cm³/mol. The van der Waals surface area contributed by atoms with E-state index >= 15 is 0 Å². The van der Waals surface area contributed by atoms with Gasteiger partial charge in [-0.2, -0.15) is 0 Å². The number of ether oxygens (including phenoxy) is 1. The average molecular weight is 296 g/mol. The second kappa shape index (κ2) is 3.73. The van der Waals surface area contributed by atoms with Crippen LogP contribution < -0.4 is 10.1 Å². The van der Waals surface area contributed by atoms with E-state index in [0.29, 0.717) is 5.56 Å². The number of carbonyl (C=O) groups is 1. The summed E-state index contributed by atoms with van der Waals surface area (Å²) in [6, 6.07) is 5.42. The Balaban J connectivity index is 1.76. The number of benzene rings is 1. The molecule has 3 fully saturated rings. The lowest BCUT2D eigenvalue weighted by atomic mass is 9.50.